The highest BCUT2D eigenvalue weighted by molar-refractivity contribution is 9.10. The fourth-order valence-corrected chi connectivity index (χ4v) is 2.53. The Bertz CT molecular complexity index is 351. The summed E-state index contributed by atoms with van der Waals surface area (Å²) in [6.45, 7) is 3.26. The van der Waals surface area contributed by atoms with Gasteiger partial charge >= 0.3 is 0 Å². The molecule has 2 N–H and O–H groups in total. The summed E-state index contributed by atoms with van der Waals surface area (Å²) in [7, 11) is 0. The first-order valence-corrected chi connectivity index (χ1v) is 6.82. The molecule has 88 valence electrons. The molecule has 1 atom stereocenters. The van der Waals surface area contributed by atoms with Crippen LogP contribution in [0.2, 0.25) is 5.02 Å². The summed E-state index contributed by atoms with van der Waals surface area (Å²) in [5, 5.41) is 7.62. The van der Waals surface area contributed by atoms with Crippen molar-refractivity contribution >= 4 is 33.2 Å². The first kappa shape index (κ1) is 12.2. The number of piperidine rings is 1. The lowest BCUT2D eigenvalue weighted by Crippen LogP contribution is -2.33. The van der Waals surface area contributed by atoms with Crippen molar-refractivity contribution in [2.24, 2.45) is 5.92 Å². The zero-order valence-corrected chi connectivity index (χ0v) is 11.4. The molecular weight excluding hydrogens is 288 g/mol. The lowest BCUT2D eigenvalue weighted by Gasteiger charge is -2.23. The molecular formula is C12H16BrClN2. The van der Waals surface area contributed by atoms with Crippen LogP contribution in [0.5, 0.6) is 0 Å². The summed E-state index contributed by atoms with van der Waals surface area (Å²) < 4.78 is 1.06. The Morgan fingerprint density at radius 2 is 2.38 bits per heavy atom. The lowest BCUT2D eigenvalue weighted by molar-refractivity contribution is 0.393. The predicted molar refractivity (Wildman–Crippen MR) is 73.2 cm³/mol. The molecule has 4 heteroatoms. The van der Waals surface area contributed by atoms with Gasteiger partial charge in [-0.05, 0) is 50.0 Å². The van der Waals surface area contributed by atoms with Gasteiger partial charge in [0.2, 0.25) is 0 Å². The molecule has 1 heterocycles. The molecule has 2 nitrogen and oxygen atoms in total. The van der Waals surface area contributed by atoms with Crippen LogP contribution in [0, 0.1) is 5.92 Å². The maximum Gasteiger partial charge on any atom is 0.0638 e. The van der Waals surface area contributed by atoms with Crippen LogP contribution in [0.15, 0.2) is 22.7 Å². The highest BCUT2D eigenvalue weighted by Crippen LogP contribution is 2.26. The molecule has 1 aromatic carbocycles. The smallest absolute Gasteiger partial charge is 0.0638 e. The van der Waals surface area contributed by atoms with Crippen molar-refractivity contribution in [2.45, 2.75) is 12.8 Å². The molecule has 0 amide bonds. The number of rotatable bonds is 3. The molecule has 0 spiro atoms. The van der Waals surface area contributed by atoms with E-state index in [1.54, 1.807) is 0 Å². The van der Waals surface area contributed by atoms with E-state index in [1.807, 2.05) is 18.2 Å². The van der Waals surface area contributed by atoms with Crippen molar-refractivity contribution in [2.75, 3.05) is 25.0 Å². The van der Waals surface area contributed by atoms with Crippen molar-refractivity contribution in [1.29, 1.82) is 0 Å². The standard InChI is InChI=1S/C12H16BrClN2/c13-10-3-4-11(14)12(6-10)16-8-9-2-1-5-15-7-9/h3-4,6,9,15-16H,1-2,5,7-8H2. The van der Waals surface area contributed by atoms with Gasteiger partial charge in [0, 0.05) is 11.0 Å². The number of nitrogens with one attached hydrogen (secondary N) is 2. The van der Waals surface area contributed by atoms with Crippen LogP contribution in [-0.2, 0) is 0 Å². The molecule has 0 bridgehead atoms. The summed E-state index contributed by atoms with van der Waals surface area (Å²) >= 11 is 9.57. The fourth-order valence-electron chi connectivity index (χ4n) is 1.99. The van der Waals surface area contributed by atoms with E-state index < -0.39 is 0 Å². The van der Waals surface area contributed by atoms with Crippen molar-refractivity contribution < 1.29 is 0 Å². The minimum absolute atomic E-state index is 0.712. The minimum Gasteiger partial charge on any atom is -0.383 e. The molecule has 1 aliphatic rings. The van der Waals surface area contributed by atoms with Gasteiger partial charge in [-0.15, -0.1) is 0 Å². The van der Waals surface area contributed by atoms with Crippen molar-refractivity contribution in [1.82, 2.24) is 5.32 Å². The number of benzene rings is 1. The van der Waals surface area contributed by atoms with E-state index in [2.05, 4.69) is 26.6 Å². The van der Waals surface area contributed by atoms with Crippen LogP contribution in [0.3, 0.4) is 0 Å². The SMILES string of the molecule is Clc1ccc(Br)cc1NCC1CCCNC1. The Morgan fingerprint density at radius 3 is 3.12 bits per heavy atom. The number of anilines is 1. The van der Waals surface area contributed by atoms with Gasteiger partial charge < -0.3 is 10.6 Å². The lowest BCUT2D eigenvalue weighted by atomic mass is 10.00. The summed E-state index contributed by atoms with van der Waals surface area (Å²) in [6, 6.07) is 5.89. The third kappa shape index (κ3) is 3.37. The van der Waals surface area contributed by atoms with Crippen LogP contribution in [0.1, 0.15) is 12.8 Å². The van der Waals surface area contributed by atoms with E-state index in [0.717, 1.165) is 34.8 Å². The molecule has 0 radical (unpaired) electrons. The number of hydrogen-bond acceptors (Lipinski definition) is 2. The molecule has 1 aromatic rings. The Labute approximate surface area is 110 Å². The van der Waals surface area contributed by atoms with Gasteiger partial charge in [0.1, 0.15) is 0 Å². The Morgan fingerprint density at radius 1 is 1.50 bits per heavy atom. The largest absolute Gasteiger partial charge is 0.383 e. The zero-order chi connectivity index (χ0) is 11.4. The van der Waals surface area contributed by atoms with E-state index in [4.69, 9.17) is 11.6 Å². The maximum atomic E-state index is 6.11. The summed E-state index contributed by atoms with van der Waals surface area (Å²) in [4.78, 5) is 0. The van der Waals surface area contributed by atoms with Crippen LogP contribution in [0.25, 0.3) is 0 Å². The molecule has 1 unspecified atom stereocenters. The van der Waals surface area contributed by atoms with Gasteiger partial charge in [-0.3, -0.25) is 0 Å². The Balaban J connectivity index is 1.90. The summed E-state index contributed by atoms with van der Waals surface area (Å²) in [6.07, 6.45) is 2.57. The van der Waals surface area contributed by atoms with Gasteiger partial charge in [0.15, 0.2) is 0 Å². The third-order valence-corrected chi connectivity index (χ3v) is 3.73. The molecule has 1 aliphatic heterocycles. The number of hydrogen-bond donors (Lipinski definition) is 2. The van der Waals surface area contributed by atoms with Crippen molar-refractivity contribution in [3.8, 4) is 0 Å². The van der Waals surface area contributed by atoms with Crippen LogP contribution >= 0.6 is 27.5 Å². The van der Waals surface area contributed by atoms with Gasteiger partial charge in [0.25, 0.3) is 0 Å². The van der Waals surface area contributed by atoms with E-state index >= 15 is 0 Å². The third-order valence-electron chi connectivity index (χ3n) is 2.91. The molecule has 0 aromatic heterocycles. The van der Waals surface area contributed by atoms with Crippen LogP contribution in [-0.4, -0.2) is 19.6 Å². The van der Waals surface area contributed by atoms with Gasteiger partial charge in [-0.2, -0.15) is 0 Å². The average molecular weight is 304 g/mol. The second-order valence-corrected chi connectivity index (χ2v) is 5.54. The van der Waals surface area contributed by atoms with Crippen LogP contribution < -0.4 is 10.6 Å². The highest BCUT2D eigenvalue weighted by atomic mass is 79.9. The van der Waals surface area contributed by atoms with Crippen LogP contribution in [0.4, 0.5) is 5.69 Å². The first-order valence-electron chi connectivity index (χ1n) is 5.65. The molecule has 0 aliphatic carbocycles. The molecule has 0 saturated carbocycles. The van der Waals surface area contributed by atoms with E-state index in [1.165, 1.54) is 12.8 Å². The van der Waals surface area contributed by atoms with Gasteiger partial charge in [-0.25, -0.2) is 0 Å². The van der Waals surface area contributed by atoms with E-state index in [0.29, 0.717) is 5.92 Å². The summed E-state index contributed by atoms with van der Waals surface area (Å²) in [5.41, 5.74) is 1.02. The normalized spacial score (nSPS) is 20.8. The van der Waals surface area contributed by atoms with Crippen molar-refractivity contribution in [3.63, 3.8) is 0 Å². The topological polar surface area (TPSA) is 24.1 Å². The molecule has 16 heavy (non-hydrogen) atoms. The molecule has 1 fully saturated rings. The second kappa shape index (κ2) is 5.89. The molecule has 2 rings (SSSR count). The fraction of sp³-hybridized carbons (Fsp3) is 0.500. The summed E-state index contributed by atoms with van der Waals surface area (Å²) in [5.74, 6) is 0.712. The quantitative estimate of drug-likeness (QED) is 0.893. The van der Waals surface area contributed by atoms with E-state index in [-0.39, 0.29) is 0 Å². The Hall–Kier alpha value is -0.250. The monoisotopic (exact) mass is 302 g/mol. The second-order valence-electron chi connectivity index (χ2n) is 4.22. The van der Waals surface area contributed by atoms with E-state index in [9.17, 15) is 0 Å². The predicted octanol–water partition coefficient (Wildman–Crippen LogP) is 3.51. The minimum atomic E-state index is 0.712. The first-order chi connectivity index (χ1) is 7.75. The highest BCUT2D eigenvalue weighted by Gasteiger charge is 2.12. The Kier molecular flexibility index (Phi) is 4.50. The number of halogens is 2. The average Bonchev–Trinajstić information content (AvgIpc) is 2.32. The zero-order valence-electron chi connectivity index (χ0n) is 9.10. The van der Waals surface area contributed by atoms with Gasteiger partial charge in [-0.1, -0.05) is 27.5 Å². The maximum absolute atomic E-state index is 6.11. The molecule has 1 saturated heterocycles. The van der Waals surface area contributed by atoms with Gasteiger partial charge in [0.05, 0.1) is 10.7 Å². The van der Waals surface area contributed by atoms with Crippen molar-refractivity contribution in [3.05, 3.63) is 27.7 Å².